The Labute approximate surface area is 253 Å². The quantitative estimate of drug-likeness (QED) is 0.300. The molecule has 2 amide bonds. The van der Waals surface area contributed by atoms with E-state index in [1.807, 2.05) is 30.0 Å². The van der Waals surface area contributed by atoms with Crippen LogP contribution in [0.5, 0.6) is 5.75 Å². The summed E-state index contributed by atoms with van der Waals surface area (Å²) in [6, 6.07) is 14.1. The van der Waals surface area contributed by atoms with Crippen molar-refractivity contribution in [2.45, 2.75) is 31.7 Å². The molecule has 0 N–H and O–H groups in total. The molecule has 2 saturated heterocycles. The SMILES string of the molecule is CCN(C(=O)Oc1ccc(F)cc1)[C@@H]1CN(C(=O)C2CCN(c3ccc(Cl)cn3)CC2)C[C@H]1c1ccc(Cl)c(Cl)c1. The van der Waals surface area contributed by atoms with Crippen molar-refractivity contribution in [2.24, 2.45) is 5.92 Å². The van der Waals surface area contributed by atoms with Crippen LogP contribution < -0.4 is 9.64 Å². The van der Waals surface area contributed by atoms with Crippen molar-refractivity contribution in [3.63, 3.8) is 0 Å². The number of carbonyl (C=O) groups excluding carboxylic acids is 2. The van der Waals surface area contributed by atoms with Gasteiger partial charge >= 0.3 is 6.09 Å². The molecule has 5 rings (SSSR count). The number of likely N-dealkylation sites (tertiary alicyclic amines) is 1. The van der Waals surface area contributed by atoms with Crippen LogP contribution in [-0.4, -0.2) is 65.5 Å². The van der Waals surface area contributed by atoms with Crippen molar-refractivity contribution >= 4 is 52.6 Å². The maximum Gasteiger partial charge on any atom is 0.415 e. The van der Waals surface area contributed by atoms with Gasteiger partial charge in [-0.3, -0.25) is 4.79 Å². The molecule has 3 aromatic rings. The van der Waals surface area contributed by atoms with Crippen LogP contribution in [0.25, 0.3) is 0 Å². The first-order valence-electron chi connectivity index (χ1n) is 13.6. The molecule has 2 aromatic carbocycles. The van der Waals surface area contributed by atoms with E-state index in [2.05, 4.69) is 9.88 Å². The number of hydrogen-bond acceptors (Lipinski definition) is 5. The summed E-state index contributed by atoms with van der Waals surface area (Å²) >= 11 is 18.5. The molecule has 1 aromatic heterocycles. The molecule has 7 nitrogen and oxygen atoms in total. The van der Waals surface area contributed by atoms with Gasteiger partial charge in [-0.2, -0.15) is 0 Å². The first-order valence-corrected chi connectivity index (χ1v) is 14.7. The third kappa shape index (κ3) is 6.71. The van der Waals surface area contributed by atoms with E-state index >= 15 is 0 Å². The molecule has 41 heavy (non-hydrogen) atoms. The Morgan fingerprint density at radius 1 is 1.00 bits per heavy atom. The van der Waals surface area contributed by atoms with Crippen LogP contribution in [0.4, 0.5) is 15.0 Å². The highest BCUT2D eigenvalue weighted by molar-refractivity contribution is 6.42. The van der Waals surface area contributed by atoms with Crippen LogP contribution in [0.1, 0.15) is 31.2 Å². The van der Waals surface area contributed by atoms with Crippen LogP contribution in [0, 0.1) is 11.7 Å². The third-order valence-electron chi connectivity index (χ3n) is 7.85. The zero-order chi connectivity index (χ0) is 29.1. The van der Waals surface area contributed by atoms with Gasteiger partial charge in [-0.25, -0.2) is 14.2 Å². The minimum absolute atomic E-state index is 0.0734. The zero-order valence-corrected chi connectivity index (χ0v) is 24.7. The Kier molecular flexibility index (Phi) is 9.22. The van der Waals surface area contributed by atoms with Crippen molar-refractivity contribution in [1.29, 1.82) is 0 Å². The van der Waals surface area contributed by atoms with Crippen LogP contribution in [0.2, 0.25) is 15.1 Å². The fraction of sp³-hybridized carbons (Fsp3) is 0.367. The van der Waals surface area contributed by atoms with Gasteiger partial charge in [0.2, 0.25) is 5.91 Å². The van der Waals surface area contributed by atoms with Crippen molar-refractivity contribution in [1.82, 2.24) is 14.8 Å². The number of carbonyl (C=O) groups is 2. The number of piperidine rings is 1. The normalized spacial score (nSPS) is 19.3. The standard InChI is InChI=1S/C30H30Cl3FN4O3/c1-2-38(30(40)41-23-7-5-22(34)6-8-23)27-18-37(17-24(27)20-3-9-25(32)26(33)15-20)29(39)19-11-13-36(14-12-19)28-10-4-21(31)16-35-28/h3-10,15-16,19,24,27H,2,11-14,17-18H2,1H3/t24-,27+/m0/s1. The summed E-state index contributed by atoms with van der Waals surface area (Å²) in [4.78, 5) is 37.2. The fourth-order valence-corrected chi connectivity index (χ4v) is 6.10. The van der Waals surface area contributed by atoms with E-state index in [4.69, 9.17) is 39.5 Å². The Bertz CT molecular complexity index is 1380. The minimum Gasteiger partial charge on any atom is -0.410 e. The summed E-state index contributed by atoms with van der Waals surface area (Å²) in [5, 5.41) is 1.43. The van der Waals surface area contributed by atoms with Gasteiger partial charge < -0.3 is 19.4 Å². The highest BCUT2D eigenvalue weighted by Crippen LogP contribution is 2.36. The van der Waals surface area contributed by atoms with E-state index in [1.165, 1.54) is 24.3 Å². The van der Waals surface area contributed by atoms with Crippen molar-refractivity contribution in [3.05, 3.63) is 87.2 Å². The molecule has 11 heteroatoms. The molecule has 0 spiro atoms. The molecular weight excluding hydrogens is 590 g/mol. The van der Waals surface area contributed by atoms with Gasteiger partial charge in [0.1, 0.15) is 17.4 Å². The summed E-state index contributed by atoms with van der Waals surface area (Å²) in [5.74, 6) is 0.412. The average molecular weight is 620 g/mol. The first kappa shape index (κ1) is 29.4. The Morgan fingerprint density at radius 2 is 1.73 bits per heavy atom. The summed E-state index contributed by atoms with van der Waals surface area (Å²) < 4.78 is 19.0. The minimum atomic E-state index is -0.563. The van der Waals surface area contributed by atoms with Crippen molar-refractivity contribution in [3.8, 4) is 5.75 Å². The van der Waals surface area contributed by atoms with Crippen LogP contribution >= 0.6 is 34.8 Å². The van der Waals surface area contributed by atoms with E-state index in [0.717, 1.165) is 11.4 Å². The lowest BCUT2D eigenvalue weighted by molar-refractivity contribution is -0.135. The maximum atomic E-state index is 13.8. The summed E-state index contributed by atoms with van der Waals surface area (Å²) in [6.07, 6.45) is 2.46. The maximum absolute atomic E-state index is 13.8. The zero-order valence-electron chi connectivity index (χ0n) is 22.5. The number of aromatic nitrogens is 1. The second kappa shape index (κ2) is 12.8. The number of ether oxygens (including phenoxy) is 1. The molecule has 2 aliphatic rings. The van der Waals surface area contributed by atoms with E-state index in [1.54, 1.807) is 23.2 Å². The van der Waals surface area contributed by atoms with Crippen molar-refractivity contribution < 1.29 is 18.7 Å². The Balaban J connectivity index is 1.33. The van der Waals surface area contributed by atoms with E-state index in [0.29, 0.717) is 60.6 Å². The molecular formula is C30H30Cl3FN4O3. The number of rotatable bonds is 6. The summed E-state index contributed by atoms with van der Waals surface area (Å²) in [5.41, 5.74) is 0.886. The lowest BCUT2D eigenvalue weighted by Crippen LogP contribution is -2.47. The number of amides is 2. The molecule has 2 atom stereocenters. The molecule has 2 fully saturated rings. The number of anilines is 1. The summed E-state index contributed by atoms with van der Waals surface area (Å²) in [6.45, 7) is 4.43. The highest BCUT2D eigenvalue weighted by atomic mass is 35.5. The predicted molar refractivity (Wildman–Crippen MR) is 159 cm³/mol. The predicted octanol–water partition coefficient (Wildman–Crippen LogP) is 6.91. The van der Waals surface area contributed by atoms with Gasteiger partial charge in [0.15, 0.2) is 0 Å². The molecule has 0 saturated carbocycles. The van der Waals surface area contributed by atoms with Crippen LogP contribution in [-0.2, 0) is 4.79 Å². The number of pyridine rings is 1. The van der Waals surface area contributed by atoms with Crippen LogP contribution in [0.15, 0.2) is 60.8 Å². The first-order chi connectivity index (χ1) is 19.7. The number of hydrogen-bond donors (Lipinski definition) is 0. The topological polar surface area (TPSA) is 66.0 Å². The van der Waals surface area contributed by atoms with Gasteiger partial charge in [0.05, 0.1) is 21.1 Å². The van der Waals surface area contributed by atoms with E-state index < -0.39 is 11.9 Å². The average Bonchev–Trinajstić information content (AvgIpc) is 3.41. The number of benzene rings is 2. The van der Waals surface area contributed by atoms with Gasteiger partial charge in [-0.15, -0.1) is 0 Å². The molecule has 0 radical (unpaired) electrons. The molecule has 3 heterocycles. The number of nitrogens with zero attached hydrogens (tertiary/aromatic N) is 4. The number of likely N-dealkylation sites (N-methyl/N-ethyl adjacent to an activating group) is 1. The smallest absolute Gasteiger partial charge is 0.410 e. The van der Waals surface area contributed by atoms with Gasteiger partial charge in [-0.05, 0) is 73.9 Å². The second-order valence-electron chi connectivity index (χ2n) is 10.3. The van der Waals surface area contributed by atoms with E-state index in [9.17, 15) is 14.0 Å². The van der Waals surface area contributed by atoms with Gasteiger partial charge in [0, 0.05) is 50.8 Å². The van der Waals surface area contributed by atoms with E-state index in [-0.39, 0.29) is 29.5 Å². The lowest BCUT2D eigenvalue weighted by atomic mass is 9.93. The van der Waals surface area contributed by atoms with Crippen molar-refractivity contribution in [2.75, 3.05) is 37.6 Å². The molecule has 0 bridgehead atoms. The fourth-order valence-electron chi connectivity index (χ4n) is 5.68. The van der Waals surface area contributed by atoms with Crippen LogP contribution in [0.3, 0.4) is 0 Å². The van der Waals surface area contributed by atoms with Gasteiger partial charge in [0.25, 0.3) is 0 Å². The second-order valence-corrected chi connectivity index (χ2v) is 11.5. The molecule has 0 unspecified atom stereocenters. The Hall–Kier alpha value is -3.07. The third-order valence-corrected chi connectivity index (χ3v) is 8.81. The highest BCUT2D eigenvalue weighted by Gasteiger charge is 2.43. The lowest BCUT2D eigenvalue weighted by Gasteiger charge is -2.34. The summed E-state index contributed by atoms with van der Waals surface area (Å²) in [7, 11) is 0. The molecule has 216 valence electrons. The largest absolute Gasteiger partial charge is 0.415 e. The Morgan fingerprint density at radius 3 is 2.37 bits per heavy atom. The molecule has 0 aliphatic carbocycles. The van der Waals surface area contributed by atoms with Gasteiger partial charge in [-0.1, -0.05) is 40.9 Å². The monoisotopic (exact) mass is 618 g/mol. The molecule has 2 aliphatic heterocycles. The number of halogens is 4.